The van der Waals surface area contributed by atoms with E-state index < -0.39 is 0 Å². The van der Waals surface area contributed by atoms with E-state index in [2.05, 4.69) is 35.8 Å². The van der Waals surface area contributed by atoms with E-state index in [1.165, 1.54) is 15.8 Å². The quantitative estimate of drug-likeness (QED) is 0.797. The number of methoxy groups -OCH3 is 1. The highest BCUT2D eigenvalue weighted by Crippen LogP contribution is 2.26. The van der Waals surface area contributed by atoms with Crippen LogP contribution in [-0.2, 0) is 5.75 Å². The highest BCUT2D eigenvalue weighted by atomic mass is 79.9. The van der Waals surface area contributed by atoms with Crippen LogP contribution < -0.4 is 4.74 Å². The molecule has 0 aliphatic heterocycles. The average molecular weight is 289 g/mol. The Morgan fingerprint density at radius 2 is 2.13 bits per heavy atom. The molecule has 0 aromatic heterocycles. The molecule has 0 N–H and O–H groups in total. The molecule has 0 saturated heterocycles. The summed E-state index contributed by atoms with van der Waals surface area (Å²) in [4.78, 5) is 0. The summed E-state index contributed by atoms with van der Waals surface area (Å²) < 4.78 is 6.37. The molecule has 0 bridgehead atoms. The van der Waals surface area contributed by atoms with E-state index in [1.807, 2.05) is 23.9 Å². The van der Waals surface area contributed by atoms with Crippen molar-refractivity contribution in [3.8, 4) is 5.75 Å². The third kappa shape index (κ3) is 4.47. The summed E-state index contributed by atoms with van der Waals surface area (Å²) in [5.41, 5.74) is 1.31. The first-order valence-electron chi connectivity index (χ1n) is 5.03. The molecular formula is C12H17BrOS. The molecule has 0 unspecified atom stereocenters. The number of hydrogen-bond donors (Lipinski definition) is 0. The van der Waals surface area contributed by atoms with E-state index in [9.17, 15) is 0 Å². The van der Waals surface area contributed by atoms with Gasteiger partial charge in [-0.25, -0.2) is 0 Å². The predicted octanol–water partition coefficient (Wildman–Crippen LogP) is 4.35. The summed E-state index contributed by atoms with van der Waals surface area (Å²) in [6, 6.07) is 6.11. The van der Waals surface area contributed by atoms with E-state index >= 15 is 0 Å². The van der Waals surface area contributed by atoms with Crippen LogP contribution in [0.5, 0.6) is 5.75 Å². The second kappa shape index (κ2) is 6.44. The van der Waals surface area contributed by atoms with Gasteiger partial charge in [0.1, 0.15) is 5.75 Å². The molecule has 0 amide bonds. The van der Waals surface area contributed by atoms with Gasteiger partial charge in [-0.05, 0) is 35.4 Å². The molecule has 15 heavy (non-hydrogen) atoms. The van der Waals surface area contributed by atoms with Crippen molar-refractivity contribution in [2.45, 2.75) is 19.6 Å². The molecule has 84 valence electrons. The first-order valence-corrected chi connectivity index (χ1v) is 6.98. The Hall–Kier alpha value is -0.150. The third-order valence-electron chi connectivity index (χ3n) is 1.96. The Labute approximate surface area is 105 Å². The number of rotatable bonds is 5. The van der Waals surface area contributed by atoms with Gasteiger partial charge in [0.25, 0.3) is 0 Å². The summed E-state index contributed by atoms with van der Waals surface area (Å²) >= 11 is 5.52. The number of ether oxygens (including phenoxy) is 1. The molecule has 0 heterocycles. The Bertz CT molecular complexity index is 312. The highest BCUT2D eigenvalue weighted by Gasteiger charge is 2.03. The summed E-state index contributed by atoms with van der Waals surface area (Å²) in [7, 11) is 1.70. The van der Waals surface area contributed by atoms with Crippen LogP contribution in [-0.4, -0.2) is 12.9 Å². The largest absolute Gasteiger partial charge is 0.497 e. The lowest BCUT2D eigenvalue weighted by Crippen LogP contribution is -1.93. The fourth-order valence-corrected chi connectivity index (χ4v) is 2.81. The zero-order valence-corrected chi connectivity index (χ0v) is 11.8. The average Bonchev–Trinajstić information content (AvgIpc) is 2.20. The molecule has 0 aliphatic carbocycles. The minimum atomic E-state index is 0.749. The zero-order chi connectivity index (χ0) is 11.3. The molecular weight excluding hydrogens is 272 g/mol. The lowest BCUT2D eigenvalue weighted by Gasteiger charge is -2.08. The van der Waals surface area contributed by atoms with Crippen molar-refractivity contribution in [3.05, 3.63) is 28.2 Å². The number of halogens is 1. The van der Waals surface area contributed by atoms with Crippen LogP contribution in [0.3, 0.4) is 0 Å². The first kappa shape index (κ1) is 12.9. The van der Waals surface area contributed by atoms with Crippen molar-refractivity contribution < 1.29 is 4.74 Å². The Morgan fingerprint density at radius 3 is 2.73 bits per heavy atom. The standard InChI is InChI=1S/C12H17BrOS/c1-9(2)7-15-8-10-6-11(14-3)4-5-12(10)13/h4-6,9H,7-8H2,1-3H3. The van der Waals surface area contributed by atoms with Gasteiger partial charge in [-0.2, -0.15) is 11.8 Å². The molecule has 0 atom stereocenters. The molecule has 1 aromatic rings. The van der Waals surface area contributed by atoms with Crippen LogP contribution in [0.2, 0.25) is 0 Å². The van der Waals surface area contributed by atoms with Crippen molar-refractivity contribution in [3.63, 3.8) is 0 Å². The molecule has 0 fully saturated rings. The van der Waals surface area contributed by atoms with Crippen LogP contribution >= 0.6 is 27.7 Å². The van der Waals surface area contributed by atoms with Gasteiger partial charge in [0.15, 0.2) is 0 Å². The Balaban J connectivity index is 2.59. The SMILES string of the molecule is COc1ccc(Br)c(CSCC(C)C)c1. The van der Waals surface area contributed by atoms with Crippen LogP contribution in [0, 0.1) is 5.92 Å². The van der Waals surface area contributed by atoms with Gasteiger partial charge >= 0.3 is 0 Å². The maximum absolute atomic E-state index is 5.21. The summed E-state index contributed by atoms with van der Waals surface area (Å²) in [6.07, 6.45) is 0. The zero-order valence-electron chi connectivity index (χ0n) is 9.42. The maximum Gasteiger partial charge on any atom is 0.119 e. The van der Waals surface area contributed by atoms with Crippen molar-refractivity contribution >= 4 is 27.7 Å². The molecule has 0 spiro atoms. The topological polar surface area (TPSA) is 9.23 Å². The van der Waals surface area contributed by atoms with Gasteiger partial charge in [0.05, 0.1) is 7.11 Å². The Morgan fingerprint density at radius 1 is 1.40 bits per heavy atom. The van der Waals surface area contributed by atoms with Crippen molar-refractivity contribution in [1.29, 1.82) is 0 Å². The fourth-order valence-electron chi connectivity index (χ4n) is 1.19. The van der Waals surface area contributed by atoms with E-state index in [0.717, 1.165) is 17.4 Å². The normalized spacial score (nSPS) is 10.7. The van der Waals surface area contributed by atoms with Gasteiger partial charge in [0.2, 0.25) is 0 Å². The van der Waals surface area contributed by atoms with Gasteiger partial charge in [-0.15, -0.1) is 0 Å². The molecule has 1 nitrogen and oxygen atoms in total. The van der Waals surface area contributed by atoms with Crippen molar-refractivity contribution in [2.75, 3.05) is 12.9 Å². The van der Waals surface area contributed by atoms with Gasteiger partial charge < -0.3 is 4.74 Å². The third-order valence-corrected chi connectivity index (χ3v) is 4.15. The fraction of sp³-hybridized carbons (Fsp3) is 0.500. The molecule has 1 rings (SSSR count). The highest BCUT2D eigenvalue weighted by molar-refractivity contribution is 9.10. The van der Waals surface area contributed by atoms with E-state index in [1.54, 1.807) is 7.11 Å². The van der Waals surface area contributed by atoms with Gasteiger partial charge in [-0.3, -0.25) is 0 Å². The Kier molecular flexibility index (Phi) is 5.54. The second-order valence-corrected chi connectivity index (χ2v) is 5.75. The monoisotopic (exact) mass is 288 g/mol. The van der Waals surface area contributed by atoms with Crippen LogP contribution in [0.1, 0.15) is 19.4 Å². The molecule has 0 saturated carbocycles. The maximum atomic E-state index is 5.21. The molecule has 0 aliphatic rings. The van der Waals surface area contributed by atoms with Crippen LogP contribution in [0.25, 0.3) is 0 Å². The van der Waals surface area contributed by atoms with Crippen molar-refractivity contribution in [2.24, 2.45) is 5.92 Å². The molecule has 3 heteroatoms. The van der Waals surface area contributed by atoms with E-state index in [0.29, 0.717) is 0 Å². The van der Waals surface area contributed by atoms with Crippen LogP contribution in [0.15, 0.2) is 22.7 Å². The number of thioether (sulfide) groups is 1. The summed E-state index contributed by atoms with van der Waals surface area (Å²) in [5, 5.41) is 0. The summed E-state index contributed by atoms with van der Waals surface area (Å²) in [6.45, 7) is 4.49. The van der Waals surface area contributed by atoms with E-state index in [4.69, 9.17) is 4.74 Å². The lowest BCUT2D eigenvalue weighted by molar-refractivity contribution is 0.414. The minimum Gasteiger partial charge on any atom is -0.497 e. The predicted molar refractivity (Wildman–Crippen MR) is 71.7 cm³/mol. The smallest absolute Gasteiger partial charge is 0.119 e. The lowest BCUT2D eigenvalue weighted by atomic mass is 10.2. The van der Waals surface area contributed by atoms with Crippen molar-refractivity contribution in [1.82, 2.24) is 0 Å². The minimum absolute atomic E-state index is 0.749. The van der Waals surface area contributed by atoms with Crippen LogP contribution in [0.4, 0.5) is 0 Å². The van der Waals surface area contributed by atoms with Gasteiger partial charge in [0, 0.05) is 10.2 Å². The number of benzene rings is 1. The molecule has 1 aromatic carbocycles. The number of hydrogen-bond acceptors (Lipinski definition) is 2. The summed E-state index contributed by atoms with van der Waals surface area (Å²) in [5.74, 6) is 3.91. The van der Waals surface area contributed by atoms with E-state index in [-0.39, 0.29) is 0 Å². The molecule has 0 radical (unpaired) electrons. The first-order chi connectivity index (χ1) is 7.13. The second-order valence-electron chi connectivity index (χ2n) is 3.87. The van der Waals surface area contributed by atoms with Gasteiger partial charge in [-0.1, -0.05) is 29.8 Å².